The molecule has 3 nitrogen and oxygen atoms in total. The van der Waals surface area contributed by atoms with Gasteiger partial charge in [0.05, 0.1) is 0 Å². The molecule has 0 saturated carbocycles. The van der Waals surface area contributed by atoms with Gasteiger partial charge in [-0.25, -0.2) is 9.97 Å². The van der Waals surface area contributed by atoms with Gasteiger partial charge in [-0.2, -0.15) is 0 Å². The molecule has 0 aliphatic heterocycles. The van der Waals surface area contributed by atoms with Crippen molar-refractivity contribution >= 4 is 33.5 Å². The molecule has 0 aliphatic rings. The van der Waals surface area contributed by atoms with Crippen molar-refractivity contribution in [3.63, 3.8) is 0 Å². The fourth-order valence-electron chi connectivity index (χ4n) is 1.76. The summed E-state index contributed by atoms with van der Waals surface area (Å²) < 4.78 is 1.08. The summed E-state index contributed by atoms with van der Waals surface area (Å²) in [5.74, 6) is 0.942. The minimum Gasteiger partial charge on any atom is -0.370 e. The molecule has 1 N–H and O–H groups in total. The van der Waals surface area contributed by atoms with Crippen molar-refractivity contribution in [1.29, 1.82) is 0 Å². The van der Waals surface area contributed by atoms with E-state index in [2.05, 4.69) is 57.2 Å². The predicted molar refractivity (Wildman–Crippen MR) is 83.8 cm³/mol. The molecule has 0 unspecified atom stereocenters. The summed E-state index contributed by atoms with van der Waals surface area (Å²) in [5.41, 5.74) is 1.18. The lowest BCUT2D eigenvalue weighted by molar-refractivity contribution is 0.937. The molecule has 0 bridgehead atoms. The van der Waals surface area contributed by atoms with Crippen LogP contribution in [-0.2, 0) is 6.42 Å². The monoisotopic (exact) mass is 337 g/mol. The van der Waals surface area contributed by atoms with E-state index >= 15 is 0 Å². The summed E-state index contributed by atoms with van der Waals surface area (Å²) in [4.78, 5) is 9.90. The number of rotatable bonds is 5. The lowest BCUT2D eigenvalue weighted by Crippen LogP contribution is -2.05. The van der Waals surface area contributed by atoms with Crippen LogP contribution < -0.4 is 5.32 Å². The van der Waals surface area contributed by atoms with Gasteiger partial charge in [0.15, 0.2) is 0 Å². The predicted octanol–water partition coefficient (Wildman–Crippen LogP) is 4.38. The van der Waals surface area contributed by atoms with Crippen LogP contribution in [0.1, 0.15) is 19.4 Å². The SMILES string of the molecule is CCNc1ncnc(Sc2cccc(Br)c2)c1CC. The quantitative estimate of drug-likeness (QED) is 0.821. The molecule has 0 saturated heterocycles. The molecule has 0 atom stereocenters. The van der Waals surface area contributed by atoms with E-state index in [9.17, 15) is 0 Å². The summed E-state index contributed by atoms with van der Waals surface area (Å²) in [6.45, 7) is 5.07. The summed E-state index contributed by atoms with van der Waals surface area (Å²) >= 11 is 5.16. The Hall–Kier alpha value is -1.07. The van der Waals surface area contributed by atoms with Crippen LogP contribution in [0.4, 0.5) is 5.82 Å². The van der Waals surface area contributed by atoms with Crippen molar-refractivity contribution in [1.82, 2.24) is 9.97 Å². The fraction of sp³-hybridized carbons (Fsp3) is 0.286. The third-order valence-corrected chi connectivity index (χ3v) is 4.14. The maximum Gasteiger partial charge on any atom is 0.133 e. The molecule has 0 aliphatic carbocycles. The van der Waals surface area contributed by atoms with E-state index in [0.717, 1.165) is 28.3 Å². The number of aromatic nitrogens is 2. The van der Waals surface area contributed by atoms with E-state index in [4.69, 9.17) is 0 Å². The fourth-order valence-corrected chi connectivity index (χ4v) is 3.34. The molecular formula is C14H16BrN3S. The Morgan fingerprint density at radius 3 is 2.79 bits per heavy atom. The minimum absolute atomic E-state index is 0.866. The van der Waals surface area contributed by atoms with E-state index in [0.29, 0.717) is 0 Å². The third kappa shape index (κ3) is 3.70. The highest BCUT2D eigenvalue weighted by Gasteiger charge is 2.10. The van der Waals surface area contributed by atoms with Crippen LogP contribution >= 0.6 is 27.7 Å². The standard InChI is InChI=1S/C14H16BrN3S/c1-3-12-13(16-4-2)17-9-18-14(12)19-11-7-5-6-10(15)8-11/h5-9H,3-4H2,1-2H3,(H,16,17,18). The molecule has 1 heterocycles. The van der Waals surface area contributed by atoms with Gasteiger partial charge >= 0.3 is 0 Å². The molecule has 19 heavy (non-hydrogen) atoms. The lowest BCUT2D eigenvalue weighted by Gasteiger charge is -2.11. The Bertz CT molecular complexity index is 560. The Labute approximate surface area is 126 Å². The number of hydrogen-bond acceptors (Lipinski definition) is 4. The van der Waals surface area contributed by atoms with Gasteiger partial charge in [-0.05, 0) is 31.5 Å². The van der Waals surface area contributed by atoms with Crippen molar-refractivity contribution in [2.45, 2.75) is 30.2 Å². The van der Waals surface area contributed by atoms with Gasteiger partial charge in [-0.3, -0.25) is 0 Å². The van der Waals surface area contributed by atoms with Crippen LogP contribution in [0.2, 0.25) is 0 Å². The molecule has 1 aromatic heterocycles. The Morgan fingerprint density at radius 1 is 1.26 bits per heavy atom. The number of halogens is 1. The second-order valence-electron chi connectivity index (χ2n) is 3.95. The highest BCUT2D eigenvalue weighted by molar-refractivity contribution is 9.10. The molecule has 0 spiro atoms. The number of nitrogens with zero attached hydrogens (tertiary/aromatic N) is 2. The van der Waals surface area contributed by atoms with Gasteiger partial charge in [0, 0.05) is 21.5 Å². The first-order valence-corrected chi connectivity index (χ1v) is 7.86. The Balaban J connectivity index is 2.31. The number of hydrogen-bond donors (Lipinski definition) is 1. The zero-order chi connectivity index (χ0) is 13.7. The van der Waals surface area contributed by atoms with E-state index in [1.807, 2.05) is 12.1 Å². The van der Waals surface area contributed by atoms with E-state index in [-0.39, 0.29) is 0 Å². The first-order valence-electron chi connectivity index (χ1n) is 6.25. The third-order valence-electron chi connectivity index (χ3n) is 2.61. The highest BCUT2D eigenvalue weighted by atomic mass is 79.9. The summed E-state index contributed by atoms with van der Waals surface area (Å²) in [5, 5.41) is 4.31. The van der Waals surface area contributed by atoms with Crippen LogP contribution in [0, 0.1) is 0 Å². The lowest BCUT2D eigenvalue weighted by atomic mass is 10.2. The van der Waals surface area contributed by atoms with E-state index in [1.54, 1.807) is 18.1 Å². The zero-order valence-electron chi connectivity index (χ0n) is 11.0. The molecule has 2 aromatic rings. The van der Waals surface area contributed by atoms with Gasteiger partial charge in [0.25, 0.3) is 0 Å². The normalized spacial score (nSPS) is 10.5. The maximum atomic E-state index is 4.41. The van der Waals surface area contributed by atoms with Crippen molar-refractivity contribution < 1.29 is 0 Å². The topological polar surface area (TPSA) is 37.8 Å². The van der Waals surface area contributed by atoms with Crippen LogP contribution in [-0.4, -0.2) is 16.5 Å². The van der Waals surface area contributed by atoms with Gasteiger partial charge in [-0.1, -0.05) is 40.7 Å². The van der Waals surface area contributed by atoms with E-state index in [1.165, 1.54) is 10.5 Å². The average molecular weight is 338 g/mol. The zero-order valence-corrected chi connectivity index (χ0v) is 13.4. The smallest absolute Gasteiger partial charge is 0.133 e. The summed E-state index contributed by atoms with van der Waals surface area (Å²) in [6.07, 6.45) is 2.54. The maximum absolute atomic E-state index is 4.41. The molecule has 0 fully saturated rings. The van der Waals surface area contributed by atoms with Crippen molar-refractivity contribution in [3.8, 4) is 0 Å². The van der Waals surface area contributed by atoms with Crippen molar-refractivity contribution in [3.05, 3.63) is 40.6 Å². The molecule has 0 radical (unpaired) electrons. The van der Waals surface area contributed by atoms with Gasteiger partial charge < -0.3 is 5.32 Å². The second-order valence-corrected chi connectivity index (χ2v) is 5.93. The summed E-state index contributed by atoms with van der Waals surface area (Å²) in [7, 11) is 0. The molecule has 5 heteroatoms. The van der Waals surface area contributed by atoms with Crippen LogP contribution in [0.3, 0.4) is 0 Å². The molecule has 100 valence electrons. The van der Waals surface area contributed by atoms with E-state index < -0.39 is 0 Å². The highest BCUT2D eigenvalue weighted by Crippen LogP contribution is 2.32. The first kappa shape index (κ1) is 14.3. The first-order chi connectivity index (χ1) is 9.24. The van der Waals surface area contributed by atoms with Crippen molar-refractivity contribution in [2.75, 3.05) is 11.9 Å². The Kier molecular flexibility index (Phi) is 5.22. The molecule has 0 amide bonds. The van der Waals surface area contributed by atoms with Gasteiger partial charge in [0.1, 0.15) is 17.2 Å². The second kappa shape index (κ2) is 6.91. The number of anilines is 1. The molecule has 2 rings (SSSR count). The largest absolute Gasteiger partial charge is 0.370 e. The number of benzene rings is 1. The van der Waals surface area contributed by atoms with Crippen LogP contribution in [0.15, 0.2) is 45.0 Å². The molecule has 1 aromatic carbocycles. The Morgan fingerprint density at radius 2 is 2.11 bits per heavy atom. The molecular weight excluding hydrogens is 322 g/mol. The number of nitrogens with one attached hydrogen (secondary N) is 1. The van der Waals surface area contributed by atoms with Gasteiger partial charge in [-0.15, -0.1) is 0 Å². The van der Waals surface area contributed by atoms with Gasteiger partial charge in [0.2, 0.25) is 0 Å². The minimum atomic E-state index is 0.866. The van der Waals surface area contributed by atoms with Crippen LogP contribution in [0.5, 0.6) is 0 Å². The summed E-state index contributed by atoms with van der Waals surface area (Å²) in [6, 6.07) is 8.24. The average Bonchev–Trinajstić information content (AvgIpc) is 2.39. The van der Waals surface area contributed by atoms with Crippen LogP contribution in [0.25, 0.3) is 0 Å². The van der Waals surface area contributed by atoms with Crippen molar-refractivity contribution in [2.24, 2.45) is 0 Å².